The lowest BCUT2D eigenvalue weighted by atomic mass is 10.1. The van der Waals surface area contributed by atoms with Crippen molar-refractivity contribution in [2.24, 2.45) is 0 Å². The van der Waals surface area contributed by atoms with Crippen molar-refractivity contribution in [3.8, 4) is 10.4 Å². The molecular weight excluding hydrogens is 283 g/mol. The van der Waals surface area contributed by atoms with E-state index in [-0.39, 0.29) is 11.7 Å². The molecule has 0 unspecified atom stereocenters. The van der Waals surface area contributed by atoms with E-state index in [0.717, 1.165) is 35.0 Å². The van der Waals surface area contributed by atoms with Crippen molar-refractivity contribution in [2.75, 3.05) is 13.1 Å². The molecular formula is C17H21FN2S. The van der Waals surface area contributed by atoms with Gasteiger partial charge in [-0.3, -0.25) is 9.88 Å². The maximum absolute atomic E-state index is 14.1. The second-order valence-corrected chi connectivity index (χ2v) is 7.08. The van der Waals surface area contributed by atoms with Crippen molar-refractivity contribution in [2.45, 2.75) is 39.2 Å². The second-order valence-electron chi connectivity index (χ2n) is 5.99. The fourth-order valence-electron chi connectivity index (χ4n) is 2.88. The maximum atomic E-state index is 14.1. The zero-order valence-corrected chi connectivity index (χ0v) is 13.4. The largest absolute Gasteiger partial charge is 0.299 e. The Morgan fingerprint density at radius 1 is 1.33 bits per heavy atom. The smallest absolute Gasteiger partial charge is 0.137 e. The molecule has 1 saturated heterocycles. The fourth-order valence-corrected chi connectivity index (χ4v) is 3.98. The van der Waals surface area contributed by atoms with Gasteiger partial charge in [0.05, 0.1) is 0 Å². The van der Waals surface area contributed by atoms with E-state index in [1.165, 1.54) is 18.4 Å². The predicted octanol–water partition coefficient (Wildman–Crippen LogP) is 4.67. The highest BCUT2D eigenvalue weighted by molar-refractivity contribution is 7.15. The normalized spacial score (nSPS) is 16.0. The Kier molecular flexibility index (Phi) is 4.36. The molecule has 0 bridgehead atoms. The zero-order valence-electron chi connectivity index (χ0n) is 12.6. The minimum absolute atomic E-state index is 0.0751. The molecule has 4 heteroatoms. The van der Waals surface area contributed by atoms with E-state index in [1.54, 1.807) is 23.6 Å². The number of hydrogen-bond acceptors (Lipinski definition) is 3. The number of rotatable bonds is 4. The fraction of sp³-hybridized carbons (Fsp3) is 0.471. The summed E-state index contributed by atoms with van der Waals surface area (Å²) in [4.78, 5) is 8.58. The minimum Gasteiger partial charge on any atom is -0.299 e. The molecule has 21 heavy (non-hydrogen) atoms. The average molecular weight is 304 g/mol. The summed E-state index contributed by atoms with van der Waals surface area (Å²) >= 11 is 1.57. The second kappa shape index (κ2) is 6.24. The van der Waals surface area contributed by atoms with Gasteiger partial charge in [-0.1, -0.05) is 13.8 Å². The lowest BCUT2D eigenvalue weighted by Crippen LogP contribution is -2.18. The number of halogens is 1. The van der Waals surface area contributed by atoms with Gasteiger partial charge in [-0.05, 0) is 55.1 Å². The van der Waals surface area contributed by atoms with Gasteiger partial charge in [-0.25, -0.2) is 4.39 Å². The quantitative estimate of drug-likeness (QED) is 0.816. The van der Waals surface area contributed by atoms with Gasteiger partial charge in [-0.15, -0.1) is 11.3 Å². The summed E-state index contributed by atoms with van der Waals surface area (Å²) in [5, 5.41) is 0. The summed E-state index contributed by atoms with van der Waals surface area (Å²) in [6.07, 6.45) is 6.29. The Labute approximate surface area is 129 Å². The molecule has 1 aliphatic heterocycles. The molecule has 0 spiro atoms. The van der Waals surface area contributed by atoms with E-state index in [1.807, 2.05) is 26.1 Å². The molecule has 0 amide bonds. The Hall–Kier alpha value is -1.26. The van der Waals surface area contributed by atoms with Crippen molar-refractivity contribution in [3.05, 3.63) is 40.8 Å². The molecule has 1 fully saturated rings. The van der Waals surface area contributed by atoms with E-state index < -0.39 is 0 Å². The molecule has 2 aromatic rings. The lowest BCUT2D eigenvalue weighted by molar-refractivity contribution is 0.331. The van der Waals surface area contributed by atoms with E-state index in [4.69, 9.17) is 0 Å². The van der Waals surface area contributed by atoms with Crippen LogP contribution in [0.3, 0.4) is 0 Å². The number of aromatic nitrogens is 1. The van der Waals surface area contributed by atoms with Crippen molar-refractivity contribution in [1.29, 1.82) is 0 Å². The van der Waals surface area contributed by atoms with Gasteiger partial charge >= 0.3 is 0 Å². The minimum atomic E-state index is -0.0751. The van der Waals surface area contributed by atoms with Crippen LogP contribution in [0.2, 0.25) is 0 Å². The molecule has 2 aromatic heterocycles. The van der Waals surface area contributed by atoms with Crippen molar-refractivity contribution >= 4 is 11.3 Å². The van der Waals surface area contributed by atoms with Crippen LogP contribution in [0.25, 0.3) is 10.4 Å². The van der Waals surface area contributed by atoms with Crippen molar-refractivity contribution < 1.29 is 4.39 Å². The molecule has 0 N–H and O–H groups in total. The van der Waals surface area contributed by atoms with Gasteiger partial charge < -0.3 is 0 Å². The van der Waals surface area contributed by atoms with Gasteiger partial charge in [0.2, 0.25) is 0 Å². The van der Waals surface area contributed by atoms with E-state index in [0.29, 0.717) is 0 Å². The van der Waals surface area contributed by atoms with Crippen LogP contribution in [0.1, 0.15) is 43.0 Å². The first-order valence-corrected chi connectivity index (χ1v) is 8.41. The molecule has 2 nitrogen and oxygen atoms in total. The van der Waals surface area contributed by atoms with E-state index in [2.05, 4.69) is 9.88 Å². The number of thiophene rings is 1. The van der Waals surface area contributed by atoms with Gasteiger partial charge in [0.1, 0.15) is 5.82 Å². The van der Waals surface area contributed by atoms with Crippen LogP contribution < -0.4 is 0 Å². The summed E-state index contributed by atoms with van der Waals surface area (Å²) in [7, 11) is 0. The van der Waals surface area contributed by atoms with Crippen LogP contribution in [0.15, 0.2) is 24.5 Å². The first kappa shape index (κ1) is 14.7. The van der Waals surface area contributed by atoms with Gasteiger partial charge in [0.15, 0.2) is 0 Å². The summed E-state index contributed by atoms with van der Waals surface area (Å²) in [6.45, 7) is 7.31. The Balaban J connectivity index is 1.92. The summed E-state index contributed by atoms with van der Waals surface area (Å²) in [5.74, 6) is 0.154. The molecule has 3 heterocycles. The number of hydrogen-bond donors (Lipinski definition) is 0. The van der Waals surface area contributed by atoms with Crippen LogP contribution in [0.5, 0.6) is 0 Å². The SMILES string of the molecule is CC(C)c1sc(-c2ccncc2CN2CCCC2)cc1F. The molecule has 0 saturated carbocycles. The van der Waals surface area contributed by atoms with Crippen molar-refractivity contribution in [3.63, 3.8) is 0 Å². The Morgan fingerprint density at radius 3 is 2.76 bits per heavy atom. The summed E-state index contributed by atoms with van der Waals surface area (Å²) in [5.41, 5.74) is 2.34. The maximum Gasteiger partial charge on any atom is 0.137 e. The predicted molar refractivity (Wildman–Crippen MR) is 86.1 cm³/mol. The topological polar surface area (TPSA) is 16.1 Å². The van der Waals surface area contributed by atoms with Crippen LogP contribution in [-0.4, -0.2) is 23.0 Å². The highest BCUT2D eigenvalue weighted by Crippen LogP contribution is 2.36. The molecule has 3 rings (SSSR count). The summed E-state index contributed by atoms with van der Waals surface area (Å²) < 4.78 is 14.1. The number of likely N-dealkylation sites (tertiary alicyclic amines) is 1. The van der Waals surface area contributed by atoms with E-state index in [9.17, 15) is 4.39 Å². The summed E-state index contributed by atoms with van der Waals surface area (Å²) in [6, 6.07) is 3.70. The standard InChI is InChI=1S/C17H21FN2S/c1-12(2)17-15(18)9-16(21-17)14-5-6-19-10-13(14)11-20-7-3-4-8-20/h5-6,9-10,12H,3-4,7-8,11H2,1-2H3. The molecule has 0 aromatic carbocycles. The third-order valence-electron chi connectivity index (χ3n) is 4.00. The van der Waals surface area contributed by atoms with Crippen molar-refractivity contribution in [1.82, 2.24) is 9.88 Å². The van der Waals surface area contributed by atoms with Gasteiger partial charge in [0, 0.05) is 28.7 Å². The Morgan fingerprint density at radius 2 is 2.10 bits per heavy atom. The number of nitrogens with zero attached hydrogens (tertiary/aromatic N) is 2. The third-order valence-corrected chi connectivity index (χ3v) is 5.44. The van der Waals surface area contributed by atoms with Gasteiger partial charge in [0.25, 0.3) is 0 Å². The molecule has 1 aliphatic rings. The molecule has 0 aliphatic carbocycles. The van der Waals surface area contributed by atoms with E-state index >= 15 is 0 Å². The third kappa shape index (κ3) is 3.16. The number of pyridine rings is 1. The Bertz CT molecular complexity index is 615. The average Bonchev–Trinajstić information content (AvgIpc) is 3.09. The first-order valence-electron chi connectivity index (χ1n) is 7.60. The molecule has 0 radical (unpaired) electrons. The lowest BCUT2D eigenvalue weighted by Gasteiger charge is -2.16. The zero-order chi connectivity index (χ0) is 14.8. The first-order chi connectivity index (χ1) is 10.1. The van der Waals surface area contributed by atoms with Crippen LogP contribution >= 0.6 is 11.3 Å². The monoisotopic (exact) mass is 304 g/mol. The molecule has 112 valence electrons. The highest BCUT2D eigenvalue weighted by atomic mass is 32.1. The van der Waals surface area contributed by atoms with Crippen LogP contribution in [0, 0.1) is 5.82 Å². The van der Waals surface area contributed by atoms with Crippen LogP contribution in [-0.2, 0) is 6.54 Å². The van der Waals surface area contributed by atoms with Crippen LogP contribution in [0.4, 0.5) is 4.39 Å². The molecule has 0 atom stereocenters. The van der Waals surface area contributed by atoms with Gasteiger partial charge in [-0.2, -0.15) is 0 Å². The highest BCUT2D eigenvalue weighted by Gasteiger charge is 2.18.